The molecule has 0 saturated heterocycles. The van der Waals surface area contributed by atoms with Crippen LogP contribution >= 0.6 is 11.8 Å². The second kappa shape index (κ2) is 8.82. The Balaban J connectivity index is 1.64. The van der Waals surface area contributed by atoms with Gasteiger partial charge >= 0.3 is 0 Å². The van der Waals surface area contributed by atoms with E-state index in [4.69, 9.17) is 4.74 Å². The number of hydrogen-bond donors (Lipinski definition) is 0. The number of para-hydroxylation sites is 1. The normalized spacial score (nSPS) is 14.9. The van der Waals surface area contributed by atoms with Gasteiger partial charge in [0.1, 0.15) is 11.6 Å². The first kappa shape index (κ1) is 19.1. The Morgan fingerprint density at radius 2 is 1.75 bits per heavy atom. The molecule has 4 rings (SSSR count). The van der Waals surface area contributed by atoms with Crippen molar-refractivity contribution in [3.63, 3.8) is 0 Å². The third kappa shape index (κ3) is 4.09. The summed E-state index contributed by atoms with van der Waals surface area (Å²) in [5.41, 5.74) is 3.71. The number of hydrogen-bond acceptors (Lipinski definition) is 4. The fourth-order valence-corrected chi connectivity index (χ4v) is 4.82. The van der Waals surface area contributed by atoms with Crippen LogP contribution in [0.4, 0.5) is 0 Å². The number of ether oxygens (including phenoxy) is 1. The van der Waals surface area contributed by atoms with Crippen LogP contribution in [0.2, 0.25) is 0 Å². The minimum Gasteiger partial charge on any atom is -0.497 e. The summed E-state index contributed by atoms with van der Waals surface area (Å²) >= 11 is 1.75. The Bertz CT molecular complexity index is 914. The molecule has 0 spiro atoms. The van der Waals surface area contributed by atoms with E-state index in [2.05, 4.69) is 58.1 Å². The molecule has 1 fully saturated rings. The van der Waals surface area contributed by atoms with Crippen molar-refractivity contribution >= 4 is 11.8 Å². The van der Waals surface area contributed by atoms with Gasteiger partial charge in [0.25, 0.3) is 0 Å². The predicted molar refractivity (Wildman–Crippen MR) is 114 cm³/mol. The second-order valence-electron chi connectivity index (χ2n) is 7.43. The van der Waals surface area contributed by atoms with Gasteiger partial charge in [-0.05, 0) is 49.1 Å². The maximum Gasteiger partial charge on any atom is 0.196 e. The summed E-state index contributed by atoms with van der Waals surface area (Å²) in [5.74, 6) is 3.39. The van der Waals surface area contributed by atoms with Crippen molar-refractivity contribution in [2.45, 2.75) is 55.9 Å². The van der Waals surface area contributed by atoms with E-state index in [0.29, 0.717) is 5.92 Å². The number of aromatic nitrogens is 3. The number of benzene rings is 2. The molecule has 2 aromatic carbocycles. The van der Waals surface area contributed by atoms with Gasteiger partial charge < -0.3 is 4.74 Å². The number of aryl methyl sites for hydroxylation is 1. The third-order valence-corrected chi connectivity index (χ3v) is 6.51. The molecular formula is C23H27N3OS. The van der Waals surface area contributed by atoms with Gasteiger partial charge in [0.05, 0.1) is 12.8 Å². The molecule has 1 saturated carbocycles. The molecule has 1 aromatic heterocycles. The SMILES string of the molecule is COc1ccc(CSc2nnc(C3CCCCC3)n2-c2ccccc2C)cc1. The average molecular weight is 394 g/mol. The Hall–Kier alpha value is -2.27. The lowest BCUT2D eigenvalue weighted by atomic mass is 9.88. The maximum atomic E-state index is 5.26. The van der Waals surface area contributed by atoms with Gasteiger partial charge in [0.2, 0.25) is 0 Å². The molecule has 0 N–H and O–H groups in total. The highest BCUT2D eigenvalue weighted by Gasteiger charge is 2.24. The minimum absolute atomic E-state index is 0.510. The van der Waals surface area contributed by atoms with Crippen molar-refractivity contribution < 1.29 is 4.74 Å². The molecule has 0 bridgehead atoms. The maximum absolute atomic E-state index is 5.26. The number of rotatable bonds is 6. The lowest BCUT2D eigenvalue weighted by molar-refractivity contribution is 0.414. The molecule has 146 valence electrons. The molecule has 0 aliphatic heterocycles. The molecule has 1 aliphatic carbocycles. The van der Waals surface area contributed by atoms with Crippen LogP contribution in [0.25, 0.3) is 5.69 Å². The number of thioether (sulfide) groups is 1. The van der Waals surface area contributed by atoms with Crippen molar-refractivity contribution in [2.24, 2.45) is 0 Å². The molecule has 28 heavy (non-hydrogen) atoms. The third-order valence-electron chi connectivity index (χ3n) is 5.51. The summed E-state index contributed by atoms with van der Waals surface area (Å²) in [6.45, 7) is 2.16. The van der Waals surface area contributed by atoms with Crippen LogP contribution in [0.15, 0.2) is 53.7 Å². The molecule has 0 radical (unpaired) electrons. The quantitative estimate of drug-likeness (QED) is 0.487. The summed E-state index contributed by atoms with van der Waals surface area (Å²) in [5, 5.41) is 10.3. The molecule has 1 aliphatic rings. The van der Waals surface area contributed by atoms with Crippen LogP contribution in [0.1, 0.15) is 55.0 Å². The smallest absolute Gasteiger partial charge is 0.196 e. The predicted octanol–water partition coefficient (Wildman–Crippen LogP) is 5.92. The van der Waals surface area contributed by atoms with Crippen molar-refractivity contribution in [1.82, 2.24) is 14.8 Å². The number of nitrogens with zero attached hydrogens (tertiary/aromatic N) is 3. The molecule has 0 unspecified atom stereocenters. The van der Waals surface area contributed by atoms with Gasteiger partial charge in [-0.1, -0.05) is 61.4 Å². The number of methoxy groups -OCH3 is 1. The van der Waals surface area contributed by atoms with Crippen LogP contribution in [0, 0.1) is 6.92 Å². The van der Waals surface area contributed by atoms with Gasteiger partial charge in [-0.3, -0.25) is 4.57 Å². The molecule has 0 amide bonds. The van der Waals surface area contributed by atoms with Crippen LogP contribution < -0.4 is 4.74 Å². The molecule has 4 nitrogen and oxygen atoms in total. The van der Waals surface area contributed by atoms with E-state index in [9.17, 15) is 0 Å². The van der Waals surface area contributed by atoms with Crippen molar-refractivity contribution in [3.8, 4) is 11.4 Å². The van der Waals surface area contributed by atoms with Crippen molar-refractivity contribution in [3.05, 3.63) is 65.5 Å². The van der Waals surface area contributed by atoms with E-state index in [0.717, 1.165) is 22.5 Å². The average Bonchev–Trinajstić information content (AvgIpc) is 3.17. The fraction of sp³-hybridized carbons (Fsp3) is 0.391. The first-order chi connectivity index (χ1) is 13.8. The van der Waals surface area contributed by atoms with Crippen LogP contribution in [0.3, 0.4) is 0 Å². The Labute approximate surface area is 171 Å². The van der Waals surface area contributed by atoms with E-state index < -0.39 is 0 Å². The topological polar surface area (TPSA) is 39.9 Å². The molecule has 3 aromatic rings. The summed E-state index contributed by atoms with van der Waals surface area (Å²) in [4.78, 5) is 0. The van der Waals surface area contributed by atoms with Gasteiger partial charge in [-0.15, -0.1) is 10.2 Å². The lowest BCUT2D eigenvalue weighted by Gasteiger charge is -2.22. The van der Waals surface area contributed by atoms with Crippen molar-refractivity contribution in [1.29, 1.82) is 0 Å². The van der Waals surface area contributed by atoms with Gasteiger partial charge in [-0.2, -0.15) is 0 Å². The Morgan fingerprint density at radius 1 is 1.00 bits per heavy atom. The van der Waals surface area contributed by atoms with Crippen LogP contribution in [-0.4, -0.2) is 21.9 Å². The van der Waals surface area contributed by atoms with Gasteiger partial charge in [-0.25, -0.2) is 0 Å². The fourth-order valence-electron chi connectivity index (χ4n) is 3.91. The zero-order valence-electron chi connectivity index (χ0n) is 16.6. The van der Waals surface area contributed by atoms with Crippen molar-refractivity contribution in [2.75, 3.05) is 7.11 Å². The van der Waals surface area contributed by atoms with Gasteiger partial charge in [0, 0.05) is 11.7 Å². The van der Waals surface area contributed by atoms with Crippen LogP contribution in [0.5, 0.6) is 5.75 Å². The van der Waals surface area contributed by atoms with E-state index in [1.54, 1.807) is 18.9 Å². The largest absolute Gasteiger partial charge is 0.497 e. The summed E-state index contributed by atoms with van der Waals surface area (Å²) in [6.07, 6.45) is 6.35. The lowest BCUT2D eigenvalue weighted by Crippen LogP contribution is -2.12. The first-order valence-electron chi connectivity index (χ1n) is 10.0. The summed E-state index contributed by atoms with van der Waals surface area (Å²) < 4.78 is 7.56. The van der Waals surface area contributed by atoms with E-state index in [-0.39, 0.29) is 0 Å². The highest BCUT2D eigenvalue weighted by Crippen LogP contribution is 2.36. The molecular weight excluding hydrogens is 366 g/mol. The summed E-state index contributed by atoms with van der Waals surface area (Å²) in [7, 11) is 1.70. The Kier molecular flexibility index (Phi) is 6.01. The van der Waals surface area contributed by atoms with Gasteiger partial charge in [0.15, 0.2) is 5.16 Å². The monoisotopic (exact) mass is 393 g/mol. The zero-order chi connectivity index (χ0) is 19.3. The van der Waals surface area contributed by atoms with E-state index in [1.165, 1.54) is 48.9 Å². The second-order valence-corrected chi connectivity index (χ2v) is 8.38. The van der Waals surface area contributed by atoms with E-state index >= 15 is 0 Å². The molecule has 5 heteroatoms. The highest BCUT2D eigenvalue weighted by molar-refractivity contribution is 7.98. The summed E-state index contributed by atoms with van der Waals surface area (Å²) in [6, 6.07) is 16.8. The zero-order valence-corrected chi connectivity index (χ0v) is 17.4. The molecule has 0 atom stereocenters. The minimum atomic E-state index is 0.510. The first-order valence-corrected chi connectivity index (χ1v) is 11.0. The Morgan fingerprint density at radius 3 is 2.46 bits per heavy atom. The highest BCUT2D eigenvalue weighted by atomic mass is 32.2. The van der Waals surface area contributed by atoms with Crippen LogP contribution in [-0.2, 0) is 5.75 Å². The van der Waals surface area contributed by atoms with E-state index in [1.807, 2.05) is 12.1 Å². The standard InChI is InChI=1S/C23H27N3OS/c1-17-8-6-7-11-21(17)26-22(19-9-4-3-5-10-19)24-25-23(26)28-16-18-12-14-20(27-2)15-13-18/h6-8,11-15,19H,3-5,9-10,16H2,1-2H3. The molecule has 1 heterocycles.